The molecule has 0 atom stereocenters. The van der Waals surface area contributed by atoms with Crippen molar-refractivity contribution >= 4 is 11.7 Å². The molecular formula is C9H8FNO4. The second-order valence-corrected chi connectivity index (χ2v) is 2.83. The minimum Gasteiger partial charge on any atom is -0.469 e. The molecule has 0 spiro atoms. The topological polar surface area (TPSA) is 69.4 Å². The predicted molar refractivity (Wildman–Crippen MR) is 48.8 cm³/mol. The number of non-ortho nitro benzene ring substituents is 1. The van der Waals surface area contributed by atoms with Crippen LogP contribution in [0.5, 0.6) is 0 Å². The Hall–Kier alpha value is -1.98. The molecular weight excluding hydrogens is 205 g/mol. The third-order valence-corrected chi connectivity index (χ3v) is 1.73. The van der Waals surface area contributed by atoms with Gasteiger partial charge in [0.15, 0.2) is 0 Å². The fourth-order valence-corrected chi connectivity index (χ4v) is 1.08. The molecule has 1 aromatic carbocycles. The quantitative estimate of drug-likeness (QED) is 0.433. The van der Waals surface area contributed by atoms with Gasteiger partial charge in [-0.1, -0.05) is 0 Å². The highest BCUT2D eigenvalue weighted by atomic mass is 19.1. The van der Waals surface area contributed by atoms with Crippen LogP contribution in [0.1, 0.15) is 5.56 Å². The Balaban J connectivity index is 2.98. The highest BCUT2D eigenvalue weighted by molar-refractivity contribution is 5.72. The van der Waals surface area contributed by atoms with Crippen LogP contribution in [0.25, 0.3) is 0 Å². The first kappa shape index (κ1) is 11.1. The second-order valence-electron chi connectivity index (χ2n) is 2.83. The molecule has 0 aliphatic rings. The molecule has 1 aromatic rings. The van der Waals surface area contributed by atoms with Crippen molar-refractivity contribution in [3.63, 3.8) is 0 Å². The number of benzene rings is 1. The molecule has 0 bridgehead atoms. The number of esters is 1. The summed E-state index contributed by atoms with van der Waals surface area (Å²) in [4.78, 5) is 20.5. The summed E-state index contributed by atoms with van der Waals surface area (Å²) in [7, 11) is 1.19. The van der Waals surface area contributed by atoms with Gasteiger partial charge in [-0.05, 0) is 11.6 Å². The summed E-state index contributed by atoms with van der Waals surface area (Å²) in [5.74, 6) is -1.32. The first-order valence-corrected chi connectivity index (χ1v) is 4.03. The molecule has 15 heavy (non-hydrogen) atoms. The monoisotopic (exact) mass is 213 g/mol. The SMILES string of the molecule is COC(=O)Cc1cc(F)cc([N+](=O)[O-])c1. The van der Waals surface area contributed by atoms with Gasteiger partial charge in [0.2, 0.25) is 0 Å². The Kier molecular flexibility index (Phi) is 3.33. The maximum absolute atomic E-state index is 12.9. The fraction of sp³-hybridized carbons (Fsp3) is 0.222. The van der Waals surface area contributed by atoms with Gasteiger partial charge < -0.3 is 4.74 Å². The van der Waals surface area contributed by atoms with Crippen molar-refractivity contribution in [1.82, 2.24) is 0 Å². The number of ether oxygens (including phenoxy) is 1. The summed E-state index contributed by atoms with van der Waals surface area (Å²) in [5, 5.41) is 10.4. The molecule has 6 heteroatoms. The van der Waals surface area contributed by atoms with Crippen LogP contribution in [0.4, 0.5) is 10.1 Å². The zero-order valence-electron chi connectivity index (χ0n) is 7.90. The Bertz CT molecular complexity index is 405. The van der Waals surface area contributed by atoms with Crippen molar-refractivity contribution in [2.24, 2.45) is 0 Å². The normalized spacial score (nSPS) is 9.73. The Morgan fingerprint density at radius 3 is 2.73 bits per heavy atom. The average Bonchev–Trinajstić information content (AvgIpc) is 2.16. The molecule has 0 saturated heterocycles. The maximum Gasteiger partial charge on any atom is 0.309 e. The highest BCUT2D eigenvalue weighted by Gasteiger charge is 2.12. The van der Waals surface area contributed by atoms with Crippen molar-refractivity contribution in [3.05, 3.63) is 39.7 Å². The molecule has 0 amide bonds. The smallest absolute Gasteiger partial charge is 0.309 e. The zero-order chi connectivity index (χ0) is 11.4. The minimum absolute atomic E-state index is 0.185. The van der Waals surface area contributed by atoms with Crippen LogP contribution in [0, 0.1) is 15.9 Å². The molecule has 0 aliphatic heterocycles. The van der Waals surface area contributed by atoms with Crippen LogP contribution in [-0.4, -0.2) is 18.0 Å². The van der Waals surface area contributed by atoms with Crippen LogP contribution >= 0.6 is 0 Å². The average molecular weight is 213 g/mol. The van der Waals surface area contributed by atoms with E-state index in [-0.39, 0.29) is 17.7 Å². The van der Waals surface area contributed by atoms with E-state index in [1.807, 2.05) is 0 Å². The Labute approximate surface area is 84.6 Å². The highest BCUT2D eigenvalue weighted by Crippen LogP contribution is 2.16. The molecule has 0 radical (unpaired) electrons. The van der Waals surface area contributed by atoms with E-state index >= 15 is 0 Å². The number of hydrogen-bond donors (Lipinski definition) is 0. The van der Waals surface area contributed by atoms with Gasteiger partial charge in [-0.3, -0.25) is 14.9 Å². The first-order chi connectivity index (χ1) is 7.02. The zero-order valence-corrected chi connectivity index (χ0v) is 7.90. The van der Waals surface area contributed by atoms with Gasteiger partial charge in [0.05, 0.1) is 24.5 Å². The minimum atomic E-state index is -0.747. The van der Waals surface area contributed by atoms with E-state index < -0.39 is 16.7 Å². The molecule has 80 valence electrons. The van der Waals surface area contributed by atoms with E-state index in [0.29, 0.717) is 0 Å². The lowest BCUT2D eigenvalue weighted by Crippen LogP contribution is -2.05. The van der Waals surface area contributed by atoms with Crippen LogP contribution in [0.2, 0.25) is 0 Å². The van der Waals surface area contributed by atoms with E-state index in [0.717, 1.165) is 18.2 Å². The molecule has 5 nitrogen and oxygen atoms in total. The molecule has 0 fully saturated rings. The van der Waals surface area contributed by atoms with Crippen molar-refractivity contribution < 1.29 is 18.8 Å². The Morgan fingerprint density at radius 1 is 1.53 bits per heavy atom. The Morgan fingerprint density at radius 2 is 2.20 bits per heavy atom. The largest absolute Gasteiger partial charge is 0.469 e. The lowest BCUT2D eigenvalue weighted by Gasteiger charge is -2.00. The third kappa shape index (κ3) is 3.01. The van der Waals surface area contributed by atoms with Crippen molar-refractivity contribution in [3.8, 4) is 0 Å². The molecule has 0 aliphatic carbocycles. The number of hydrogen-bond acceptors (Lipinski definition) is 4. The molecule has 0 unspecified atom stereocenters. The summed E-state index contributed by atoms with van der Waals surface area (Å²) in [5.41, 5.74) is -0.164. The second kappa shape index (κ2) is 4.50. The maximum atomic E-state index is 12.9. The number of carbonyl (C=O) groups is 1. The van der Waals surface area contributed by atoms with E-state index in [4.69, 9.17) is 0 Å². The first-order valence-electron chi connectivity index (χ1n) is 4.03. The van der Waals surface area contributed by atoms with Crippen LogP contribution < -0.4 is 0 Å². The number of nitro benzene ring substituents is 1. The van der Waals surface area contributed by atoms with E-state index in [2.05, 4.69) is 4.74 Å². The molecule has 0 heterocycles. The van der Waals surface area contributed by atoms with Gasteiger partial charge in [-0.2, -0.15) is 0 Å². The van der Waals surface area contributed by atoms with Gasteiger partial charge in [0.1, 0.15) is 5.82 Å². The molecule has 0 saturated carbocycles. The van der Waals surface area contributed by atoms with Crippen molar-refractivity contribution in [2.45, 2.75) is 6.42 Å². The van der Waals surface area contributed by atoms with Gasteiger partial charge in [-0.15, -0.1) is 0 Å². The van der Waals surface area contributed by atoms with Crippen LogP contribution in [0.3, 0.4) is 0 Å². The number of nitro groups is 1. The summed E-state index contributed by atoms with van der Waals surface area (Å²) in [6, 6.07) is 2.99. The fourth-order valence-electron chi connectivity index (χ4n) is 1.08. The van der Waals surface area contributed by atoms with E-state index in [1.165, 1.54) is 7.11 Å². The van der Waals surface area contributed by atoms with Crippen LogP contribution in [0.15, 0.2) is 18.2 Å². The van der Waals surface area contributed by atoms with Crippen molar-refractivity contribution in [2.75, 3.05) is 7.11 Å². The number of nitrogens with zero attached hydrogens (tertiary/aromatic N) is 1. The predicted octanol–water partition coefficient (Wildman–Crippen LogP) is 1.45. The van der Waals surface area contributed by atoms with E-state index in [1.54, 1.807) is 0 Å². The standard InChI is InChI=1S/C9H8FNO4/c1-15-9(12)4-6-2-7(10)5-8(3-6)11(13)14/h2-3,5H,4H2,1H3. The molecule has 0 N–H and O–H groups in total. The van der Waals surface area contributed by atoms with Gasteiger partial charge >= 0.3 is 5.97 Å². The van der Waals surface area contributed by atoms with Crippen LogP contribution in [-0.2, 0) is 16.0 Å². The molecule has 0 aromatic heterocycles. The lowest BCUT2D eigenvalue weighted by atomic mass is 10.1. The van der Waals surface area contributed by atoms with E-state index in [9.17, 15) is 19.3 Å². The van der Waals surface area contributed by atoms with Gasteiger partial charge in [0, 0.05) is 6.07 Å². The number of methoxy groups -OCH3 is 1. The summed E-state index contributed by atoms with van der Waals surface area (Å²) < 4.78 is 17.2. The number of carbonyl (C=O) groups excluding carboxylic acids is 1. The third-order valence-electron chi connectivity index (χ3n) is 1.73. The molecule has 1 rings (SSSR count). The number of rotatable bonds is 3. The lowest BCUT2D eigenvalue weighted by molar-refractivity contribution is -0.385. The summed E-state index contributed by atoms with van der Waals surface area (Å²) >= 11 is 0. The van der Waals surface area contributed by atoms with Gasteiger partial charge in [-0.25, -0.2) is 4.39 Å². The number of halogens is 1. The summed E-state index contributed by atoms with van der Waals surface area (Å²) in [6.07, 6.45) is -0.185. The van der Waals surface area contributed by atoms with Crippen molar-refractivity contribution in [1.29, 1.82) is 0 Å². The van der Waals surface area contributed by atoms with Gasteiger partial charge in [0.25, 0.3) is 5.69 Å². The summed E-state index contributed by atoms with van der Waals surface area (Å²) in [6.45, 7) is 0.